The number of fused-ring (bicyclic) bond motifs is 3. The molecular weight excluding hydrogens is 298 g/mol. The third-order valence-corrected chi connectivity index (χ3v) is 6.78. The molecule has 1 saturated carbocycles. The van der Waals surface area contributed by atoms with Crippen molar-refractivity contribution in [1.82, 2.24) is 4.90 Å². The Morgan fingerprint density at radius 1 is 1.26 bits per heavy atom. The summed E-state index contributed by atoms with van der Waals surface area (Å²) in [7, 11) is 0. The van der Waals surface area contributed by atoms with Gasteiger partial charge in [-0.1, -0.05) is 0 Å². The van der Waals surface area contributed by atoms with Crippen LogP contribution in [0.3, 0.4) is 0 Å². The summed E-state index contributed by atoms with van der Waals surface area (Å²) in [6.45, 7) is 0.966. The van der Waals surface area contributed by atoms with Crippen LogP contribution in [0.1, 0.15) is 41.1 Å². The molecule has 2 N–H and O–H groups in total. The average Bonchev–Trinajstić information content (AvgIpc) is 3.20. The van der Waals surface area contributed by atoms with E-state index in [0.29, 0.717) is 23.5 Å². The first-order valence-corrected chi connectivity index (χ1v) is 8.22. The maximum Gasteiger partial charge on any atom is 0.231 e. The van der Waals surface area contributed by atoms with Gasteiger partial charge in [-0.25, -0.2) is 0 Å². The Hall–Kier alpha value is -1.63. The van der Waals surface area contributed by atoms with Gasteiger partial charge in [-0.2, -0.15) is 0 Å². The van der Waals surface area contributed by atoms with Gasteiger partial charge < -0.3 is 19.7 Å². The molecule has 23 heavy (non-hydrogen) atoms. The summed E-state index contributed by atoms with van der Waals surface area (Å²) in [6, 6.07) is 2.97. The topological polar surface area (TPSA) is 79.2 Å². The van der Waals surface area contributed by atoms with Crippen LogP contribution in [0.5, 0.6) is 11.5 Å². The molecule has 0 radical (unpaired) electrons. The van der Waals surface area contributed by atoms with Crippen LogP contribution in [0.4, 0.5) is 0 Å². The number of piperidine rings is 1. The van der Waals surface area contributed by atoms with E-state index >= 15 is 0 Å². The highest BCUT2D eigenvalue weighted by Crippen LogP contribution is 2.68. The molecule has 2 saturated heterocycles. The van der Waals surface area contributed by atoms with E-state index in [-0.39, 0.29) is 24.0 Å². The SMILES string of the molecule is O=C1c2cc3c(cc2[C@@H]2[C@@]4(O)[C@H](O)C[C@@]25CCCN5[C@H]14)OCO3. The van der Waals surface area contributed by atoms with Gasteiger partial charge in [-0.05, 0) is 43.5 Å². The molecule has 3 fully saturated rings. The first kappa shape index (κ1) is 12.8. The molecule has 3 heterocycles. The Labute approximate surface area is 132 Å². The number of rotatable bonds is 0. The average molecular weight is 315 g/mol. The number of hydrogen-bond acceptors (Lipinski definition) is 6. The zero-order valence-corrected chi connectivity index (χ0v) is 12.5. The van der Waals surface area contributed by atoms with Gasteiger partial charge in [0.1, 0.15) is 11.6 Å². The van der Waals surface area contributed by atoms with Crippen LogP contribution in [-0.2, 0) is 0 Å². The largest absolute Gasteiger partial charge is 0.454 e. The van der Waals surface area contributed by atoms with Gasteiger partial charge in [-0.3, -0.25) is 9.69 Å². The van der Waals surface area contributed by atoms with E-state index in [1.54, 1.807) is 6.07 Å². The predicted octanol–water partition coefficient (Wildman–Crippen LogP) is 0.408. The Morgan fingerprint density at radius 3 is 2.87 bits per heavy atom. The number of Topliss-reactive ketones (excluding diaryl/α,β-unsaturated/α-hetero) is 1. The van der Waals surface area contributed by atoms with Gasteiger partial charge in [0.05, 0.1) is 6.10 Å². The minimum absolute atomic E-state index is 0.0976. The lowest BCUT2D eigenvalue weighted by atomic mass is 9.69. The number of carbonyl (C=O) groups is 1. The van der Waals surface area contributed by atoms with E-state index in [1.165, 1.54) is 0 Å². The summed E-state index contributed by atoms with van der Waals surface area (Å²) in [6.07, 6.45) is 1.60. The van der Waals surface area contributed by atoms with Crippen LogP contribution in [0.15, 0.2) is 12.1 Å². The smallest absolute Gasteiger partial charge is 0.231 e. The molecule has 3 aliphatic heterocycles. The monoisotopic (exact) mass is 315 g/mol. The lowest BCUT2D eigenvalue weighted by Crippen LogP contribution is -2.61. The molecule has 0 unspecified atom stereocenters. The number of nitrogens with zero attached hydrogens (tertiary/aromatic N) is 1. The number of ether oxygens (including phenoxy) is 2. The number of carbonyl (C=O) groups excluding carboxylic acids is 1. The van der Waals surface area contributed by atoms with Gasteiger partial charge in [0.25, 0.3) is 0 Å². The van der Waals surface area contributed by atoms with Crippen molar-refractivity contribution in [2.24, 2.45) is 0 Å². The quantitative estimate of drug-likeness (QED) is 0.722. The number of ketones is 1. The summed E-state index contributed by atoms with van der Waals surface area (Å²) < 4.78 is 10.9. The molecule has 5 aliphatic rings. The minimum atomic E-state index is -1.38. The van der Waals surface area contributed by atoms with E-state index < -0.39 is 17.7 Å². The fourth-order valence-electron chi connectivity index (χ4n) is 6.11. The number of aliphatic hydroxyl groups is 2. The van der Waals surface area contributed by atoms with Crippen LogP contribution < -0.4 is 9.47 Å². The van der Waals surface area contributed by atoms with Gasteiger partial charge >= 0.3 is 0 Å². The summed E-state index contributed by atoms with van der Waals surface area (Å²) in [5, 5.41) is 21.9. The van der Waals surface area contributed by atoms with Crippen molar-refractivity contribution in [2.75, 3.05) is 13.3 Å². The highest BCUT2D eigenvalue weighted by Gasteiger charge is 2.79. The molecular formula is C17H17NO5. The van der Waals surface area contributed by atoms with E-state index in [1.807, 2.05) is 6.07 Å². The maximum absolute atomic E-state index is 13.1. The fraction of sp³-hybridized carbons (Fsp3) is 0.588. The second-order valence-electron chi connectivity index (χ2n) is 7.50. The minimum Gasteiger partial charge on any atom is -0.454 e. The van der Waals surface area contributed by atoms with Crippen LogP contribution in [0.25, 0.3) is 0 Å². The molecule has 1 spiro atoms. The summed E-state index contributed by atoms with van der Waals surface area (Å²) in [5.41, 5.74) is -0.234. The molecule has 6 nitrogen and oxygen atoms in total. The van der Waals surface area contributed by atoms with Crippen molar-refractivity contribution in [2.45, 2.75) is 48.5 Å². The van der Waals surface area contributed by atoms with Gasteiger partial charge in [0.2, 0.25) is 6.79 Å². The molecule has 1 aromatic rings. The standard InChI is InChI=1S/C17H17NO5/c19-12-6-16-2-1-3-18(16)15-13(20)8-4-10-11(23-7-22-10)5-9(8)14(16)17(12,15)21/h4-5,12,14-15,19,21H,1-3,6-7H2/t12-,14+,15-,16+,17+/m1/s1. The Kier molecular flexibility index (Phi) is 1.97. The zero-order chi connectivity index (χ0) is 15.6. The van der Waals surface area contributed by atoms with Crippen molar-refractivity contribution < 1.29 is 24.5 Å². The molecule has 0 amide bonds. The fourth-order valence-corrected chi connectivity index (χ4v) is 6.11. The van der Waals surface area contributed by atoms with Crippen molar-refractivity contribution >= 4 is 5.78 Å². The Morgan fingerprint density at radius 2 is 2.04 bits per heavy atom. The molecule has 2 aliphatic carbocycles. The highest BCUT2D eigenvalue weighted by atomic mass is 16.7. The van der Waals surface area contributed by atoms with Crippen LogP contribution in [-0.4, -0.2) is 57.5 Å². The summed E-state index contributed by atoms with van der Waals surface area (Å²) in [4.78, 5) is 15.3. The maximum atomic E-state index is 13.1. The number of benzene rings is 1. The third-order valence-electron chi connectivity index (χ3n) is 6.78. The van der Waals surface area contributed by atoms with Gasteiger partial charge in [0, 0.05) is 17.0 Å². The summed E-state index contributed by atoms with van der Waals surface area (Å²) in [5.74, 6) is 0.885. The van der Waals surface area contributed by atoms with Crippen molar-refractivity contribution in [3.63, 3.8) is 0 Å². The molecule has 5 atom stereocenters. The lowest BCUT2D eigenvalue weighted by Gasteiger charge is -2.42. The van der Waals surface area contributed by atoms with E-state index in [2.05, 4.69) is 4.90 Å². The molecule has 6 heteroatoms. The predicted molar refractivity (Wildman–Crippen MR) is 77.7 cm³/mol. The number of hydrogen-bond donors (Lipinski definition) is 2. The number of aliphatic hydroxyl groups excluding tert-OH is 1. The molecule has 120 valence electrons. The van der Waals surface area contributed by atoms with Crippen LogP contribution >= 0.6 is 0 Å². The Balaban J connectivity index is 1.67. The first-order chi connectivity index (χ1) is 11.1. The third kappa shape index (κ3) is 1.12. The lowest BCUT2D eigenvalue weighted by molar-refractivity contribution is -0.0994. The normalized spacial score (nSPS) is 45.5. The van der Waals surface area contributed by atoms with Crippen molar-refractivity contribution in [3.05, 3.63) is 23.3 Å². The molecule has 1 aromatic carbocycles. The van der Waals surface area contributed by atoms with E-state index in [4.69, 9.17) is 9.47 Å². The highest BCUT2D eigenvalue weighted by molar-refractivity contribution is 6.06. The first-order valence-electron chi connectivity index (χ1n) is 8.22. The second kappa shape index (κ2) is 3.55. The molecule has 4 bridgehead atoms. The van der Waals surface area contributed by atoms with E-state index in [0.717, 1.165) is 24.9 Å². The molecule has 6 rings (SSSR count). The zero-order valence-electron chi connectivity index (χ0n) is 12.5. The van der Waals surface area contributed by atoms with Gasteiger partial charge in [0.15, 0.2) is 17.3 Å². The van der Waals surface area contributed by atoms with Crippen LogP contribution in [0, 0.1) is 0 Å². The van der Waals surface area contributed by atoms with Crippen molar-refractivity contribution in [3.8, 4) is 11.5 Å². The van der Waals surface area contributed by atoms with Crippen molar-refractivity contribution in [1.29, 1.82) is 0 Å². The Bertz CT molecular complexity index is 778. The van der Waals surface area contributed by atoms with Gasteiger partial charge in [-0.15, -0.1) is 0 Å². The van der Waals surface area contributed by atoms with Crippen LogP contribution in [0.2, 0.25) is 0 Å². The van der Waals surface area contributed by atoms with E-state index in [9.17, 15) is 15.0 Å². The second-order valence-corrected chi connectivity index (χ2v) is 7.50. The molecule has 0 aromatic heterocycles. The summed E-state index contributed by atoms with van der Waals surface area (Å²) >= 11 is 0.